The third-order valence-electron chi connectivity index (χ3n) is 1.62. The third-order valence-corrected chi connectivity index (χ3v) is 1.62. The molecule has 0 amide bonds. The maximum Gasteiger partial charge on any atom is 0.322 e. The molecule has 15 heavy (non-hydrogen) atoms. The third kappa shape index (κ3) is 2.90. The van der Waals surface area contributed by atoms with Gasteiger partial charge in [0.2, 0.25) is 5.82 Å². The number of aromatic nitrogens is 1. The molecule has 0 saturated carbocycles. The second kappa shape index (κ2) is 4.36. The fourth-order valence-electron chi connectivity index (χ4n) is 0.986. The van der Waals surface area contributed by atoms with Crippen LogP contribution in [0.2, 0.25) is 0 Å². The Kier molecular flexibility index (Phi) is 3.17. The van der Waals surface area contributed by atoms with Crippen molar-refractivity contribution in [2.24, 2.45) is 0 Å². The fourth-order valence-corrected chi connectivity index (χ4v) is 0.986. The topological polar surface area (TPSA) is 105 Å². The summed E-state index contributed by atoms with van der Waals surface area (Å²) in [6.07, 6.45) is 0. The van der Waals surface area contributed by atoms with Crippen LogP contribution in [0.5, 0.6) is 0 Å². The fraction of sp³-hybridized carbons (Fsp3) is 0.250. The van der Waals surface area contributed by atoms with E-state index >= 15 is 0 Å². The summed E-state index contributed by atoms with van der Waals surface area (Å²) < 4.78 is 0. The lowest BCUT2D eigenvalue weighted by atomic mass is 10.3. The number of anilines is 1. The molecule has 1 aromatic heterocycles. The SMILES string of the molecule is Cc1ccc([N+](=O)[O-])c(NCC(=O)O)n1. The number of carbonyl (C=O) groups is 1. The summed E-state index contributed by atoms with van der Waals surface area (Å²) in [6.45, 7) is 1.26. The highest BCUT2D eigenvalue weighted by atomic mass is 16.6. The van der Waals surface area contributed by atoms with Crippen molar-refractivity contribution in [3.05, 3.63) is 27.9 Å². The average Bonchev–Trinajstić information content (AvgIpc) is 2.14. The zero-order valence-electron chi connectivity index (χ0n) is 7.93. The van der Waals surface area contributed by atoms with Gasteiger partial charge in [-0.1, -0.05) is 0 Å². The lowest BCUT2D eigenvalue weighted by Crippen LogP contribution is -2.14. The molecule has 0 aliphatic rings. The van der Waals surface area contributed by atoms with Gasteiger partial charge in [-0.05, 0) is 13.0 Å². The number of hydrogen-bond donors (Lipinski definition) is 2. The van der Waals surface area contributed by atoms with Crippen molar-refractivity contribution in [3.63, 3.8) is 0 Å². The van der Waals surface area contributed by atoms with Crippen LogP contribution in [0.3, 0.4) is 0 Å². The molecule has 0 unspecified atom stereocenters. The van der Waals surface area contributed by atoms with E-state index in [1.807, 2.05) is 0 Å². The van der Waals surface area contributed by atoms with E-state index < -0.39 is 17.4 Å². The van der Waals surface area contributed by atoms with Crippen LogP contribution in [0.4, 0.5) is 11.5 Å². The molecule has 1 aromatic rings. The molecule has 0 bridgehead atoms. The van der Waals surface area contributed by atoms with E-state index in [2.05, 4.69) is 10.3 Å². The van der Waals surface area contributed by atoms with Gasteiger partial charge in [0.1, 0.15) is 6.54 Å². The number of rotatable bonds is 4. The predicted molar refractivity (Wildman–Crippen MR) is 51.8 cm³/mol. The molecule has 7 nitrogen and oxygen atoms in total. The minimum absolute atomic E-state index is 0.0256. The minimum atomic E-state index is -1.10. The van der Waals surface area contributed by atoms with Gasteiger partial charge in [0, 0.05) is 11.8 Å². The summed E-state index contributed by atoms with van der Waals surface area (Å²) >= 11 is 0. The van der Waals surface area contributed by atoms with Crippen molar-refractivity contribution < 1.29 is 14.8 Å². The molecule has 7 heteroatoms. The van der Waals surface area contributed by atoms with E-state index in [-0.39, 0.29) is 11.5 Å². The quantitative estimate of drug-likeness (QED) is 0.563. The van der Waals surface area contributed by atoms with Crippen molar-refractivity contribution in [1.82, 2.24) is 4.98 Å². The average molecular weight is 211 g/mol. The number of carboxylic acid groups (broad SMARTS) is 1. The molecule has 2 N–H and O–H groups in total. The van der Waals surface area contributed by atoms with Gasteiger partial charge in [-0.25, -0.2) is 4.98 Å². The first-order chi connectivity index (χ1) is 7.00. The Balaban J connectivity index is 2.96. The van der Waals surface area contributed by atoms with E-state index in [1.165, 1.54) is 12.1 Å². The summed E-state index contributed by atoms with van der Waals surface area (Å²) in [5.74, 6) is -1.13. The summed E-state index contributed by atoms with van der Waals surface area (Å²) in [6, 6.07) is 2.77. The van der Waals surface area contributed by atoms with Crippen molar-refractivity contribution in [3.8, 4) is 0 Å². The van der Waals surface area contributed by atoms with Crippen LogP contribution in [-0.4, -0.2) is 27.5 Å². The highest BCUT2D eigenvalue weighted by molar-refractivity contribution is 5.73. The molecule has 0 aromatic carbocycles. The van der Waals surface area contributed by atoms with Crippen LogP contribution in [0.25, 0.3) is 0 Å². The van der Waals surface area contributed by atoms with Gasteiger partial charge < -0.3 is 10.4 Å². The molecule has 0 aliphatic carbocycles. The Morgan fingerprint density at radius 2 is 2.33 bits per heavy atom. The molecule has 0 saturated heterocycles. The Hall–Kier alpha value is -2.18. The number of nitrogens with zero attached hydrogens (tertiary/aromatic N) is 2. The first-order valence-corrected chi connectivity index (χ1v) is 4.08. The first kappa shape index (κ1) is 10.9. The van der Waals surface area contributed by atoms with Crippen molar-refractivity contribution in [2.75, 3.05) is 11.9 Å². The molecular formula is C8H9N3O4. The van der Waals surface area contributed by atoms with Crippen LogP contribution in [0.15, 0.2) is 12.1 Å². The molecule has 1 rings (SSSR count). The number of pyridine rings is 1. The van der Waals surface area contributed by atoms with E-state index in [1.54, 1.807) is 6.92 Å². The second-order valence-corrected chi connectivity index (χ2v) is 2.82. The monoisotopic (exact) mass is 211 g/mol. The van der Waals surface area contributed by atoms with E-state index in [4.69, 9.17) is 5.11 Å². The van der Waals surface area contributed by atoms with Gasteiger partial charge in [-0.15, -0.1) is 0 Å². The second-order valence-electron chi connectivity index (χ2n) is 2.82. The van der Waals surface area contributed by atoms with Crippen LogP contribution in [0, 0.1) is 17.0 Å². The number of nitrogens with one attached hydrogen (secondary N) is 1. The predicted octanol–water partition coefficient (Wildman–Crippen LogP) is 0.795. The molecule has 0 radical (unpaired) electrons. The Labute approximate surface area is 84.9 Å². The maximum atomic E-state index is 10.6. The minimum Gasteiger partial charge on any atom is -0.480 e. The van der Waals surface area contributed by atoms with E-state index in [0.29, 0.717) is 5.69 Å². The molecule has 0 fully saturated rings. The zero-order chi connectivity index (χ0) is 11.4. The molecule has 1 heterocycles. The summed E-state index contributed by atoms with van der Waals surface area (Å²) in [5, 5.41) is 21.4. The van der Waals surface area contributed by atoms with Gasteiger partial charge in [0.25, 0.3) is 0 Å². The number of aliphatic carboxylic acids is 1. The number of aryl methyl sites for hydroxylation is 1. The Morgan fingerprint density at radius 3 is 2.87 bits per heavy atom. The highest BCUT2D eigenvalue weighted by Gasteiger charge is 2.15. The van der Waals surface area contributed by atoms with Gasteiger partial charge >= 0.3 is 11.7 Å². The van der Waals surface area contributed by atoms with Crippen LogP contribution >= 0.6 is 0 Å². The molecular weight excluding hydrogens is 202 g/mol. The van der Waals surface area contributed by atoms with Gasteiger partial charge in [0.05, 0.1) is 4.92 Å². The number of hydrogen-bond acceptors (Lipinski definition) is 5. The van der Waals surface area contributed by atoms with Crippen LogP contribution in [0.1, 0.15) is 5.69 Å². The Bertz CT molecular complexity index is 405. The number of nitro groups is 1. The first-order valence-electron chi connectivity index (χ1n) is 4.08. The Morgan fingerprint density at radius 1 is 1.67 bits per heavy atom. The lowest BCUT2D eigenvalue weighted by Gasteiger charge is -2.03. The normalized spacial score (nSPS) is 9.67. The van der Waals surface area contributed by atoms with Crippen molar-refractivity contribution >= 4 is 17.5 Å². The molecule has 80 valence electrons. The van der Waals surface area contributed by atoms with E-state index in [0.717, 1.165) is 0 Å². The summed E-state index contributed by atoms with van der Waals surface area (Å²) in [7, 11) is 0. The van der Waals surface area contributed by atoms with Gasteiger partial charge in [0.15, 0.2) is 0 Å². The highest BCUT2D eigenvalue weighted by Crippen LogP contribution is 2.21. The molecule has 0 aliphatic heterocycles. The molecule has 0 atom stereocenters. The van der Waals surface area contributed by atoms with Crippen LogP contribution in [-0.2, 0) is 4.79 Å². The van der Waals surface area contributed by atoms with Gasteiger partial charge in [-0.3, -0.25) is 14.9 Å². The summed E-state index contributed by atoms with van der Waals surface area (Å²) in [4.78, 5) is 24.1. The molecule has 0 spiro atoms. The van der Waals surface area contributed by atoms with Gasteiger partial charge in [-0.2, -0.15) is 0 Å². The van der Waals surface area contributed by atoms with Crippen molar-refractivity contribution in [1.29, 1.82) is 0 Å². The zero-order valence-corrected chi connectivity index (χ0v) is 7.93. The smallest absolute Gasteiger partial charge is 0.322 e. The van der Waals surface area contributed by atoms with E-state index in [9.17, 15) is 14.9 Å². The van der Waals surface area contributed by atoms with Crippen molar-refractivity contribution in [2.45, 2.75) is 6.92 Å². The van der Waals surface area contributed by atoms with Crippen LogP contribution < -0.4 is 5.32 Å². The maximum absolute atomic E-state index is 10.6. The summed E-state index contributed by atoms with van der Waals surface area (Å²) in [5.41, 5.74) is 0.343. The lowest BCUT2D eigenvalue weighted by molar-refractivity contribution is -0.384. The standard InChI is InChI=1S/C8H9N3O4/c1-5-2-3-6(11(14)15)8(10-5)9-4-7(12)13/h2-3H,4H2,1H3,(H,9,10)(H,12,13). The number of carboxylic acids is 1. The largest absolute Gasteiger partial charge is 0.480 e.